The number of carbonyl (C=O) groups is 1. The number of alkyl halides is 3. The van der Waals surface area contributed by atoms with Gasteiger partial charge in [-0.1, -0.05) is 11.6 Å². The zero-order valence-electron chi connectivity index (χ0n) is 6.51. The average molecular weight is 226 g/mol. The van der Waals surface area contributed by atoms with E-state index in [-0.39, 0.29) is 10.7 Å². The van der Waals surface area contributed by atoms with Crippen LogP contribution in [0, 0.1) is 0 Å². The average Bonchev–Trinajstić information content (AvgIpc) is 2.06. The summed E-state index contributed by atoms with van der Waals surface area (Å²) in [5.74, 6) is -0.634. The van der Waals surface area contributed by atoms with E-state index in [1.54, 1.807) is 0 Å². The SMILES string of the molecule is O=Cc1cc(Cl)c(OC(F)(F)F)cn1. The molecule has 0 unspecified atom stereocenters. The number of rotatable bonds is 2. The first kappa shape index (κ1) is 10.8. The predicted molar refractivity (Wildman–Crippen MR) is 41.3 cm³/mol. The first-order valence-electron chi connectivity index (χ1n) is 3.29. The van der Waals surface area contributed by atoms with Crippen molar-refractivity contribution >= 4 is 17.9 Å². The van der Waals surface area contributed by atoms with Crippen LogP contribution in [0.25, 0.3) is 0 Å². The molecule has 1 rings (SSSR count). The number of aromatic nitrogens is 1. The number of hydrogen-bond acceptors (Lipinski definition) is 3. The monoisotopic (exact) mass is 225 g/mol. The fraction of sp³-hybridized carbons (Fsp3) is 0.143. The van der Waals surface area contributed by atoms with Gasteiger partial charge in [0.05, 0.1) is 11.2 Å². The largest absolute Gasteiger partial charge is 0.573 e. The highest BCUT2D eigenvalue weighted by molar-refractivity contribution is 6.32. The van der Waals surface area contributed by atoms with Crippen molar-refractivity contribution in [2.45, 2.75) is 6.36 Å². The molecule has 0 amide bonds. The molecule has 14 heavy (non-hydrogen) atoms. The molecule has 0 saturated carbocycles. The first-order chi connectivity index (χ1) is 6.42. The number of carbonyl (C=O) groups excluding carboxylic acids is 1. The molecule has 76 valence electrons. The van der Waals surface area contributed by atoms with Crippen LogP contribution in [0.2, 0.25) is 5.02 Å². The Morgan fingerprint density at radius 2 is 2.14 bits per heavy atom. The molecule has 1 aromatic rings. The molecule has 7 heteroatoms. The van der Waals surface area contributed by atoms with E-state index in [1.807, 2.05) is 0 Å². The van der Waals surface area contributed by atoms with Gasteiger partial charge >= 0.3 is 6.36 Å². The second-order valence-electron chi connectivity index (χ2n) is 2.21. The maximum Gasteiger partial charge on any atom is 0.573 e. The lowest BCUT2D eigenvalue weighted by molar-refractivity contribution is -0.274. The van der Waals surface area contributed by atoms with Gasteiger partial charge in [-0.3, -0.25) is 4.79 Å². The Morgan fingerprint density at radius 1 is 1.50 bits per heavy atom. The molecule has 0 N–H and O–H groups in total. The van der Waals surface area contributed by atoms with Crippen molar-refractivity contribution in [3.8, 4) is 5.75 Å². The van der Waals surface area contributed by atoms with Gasteiger partial charge in [0.1, 0.15) is 5.69 Å². The van der Waals surface area contributed by atoms with Gasteiger partial charge in [0.2, 0.25) is 0 Å². The van der Waals surface area contributed by atoms with Crippen LogP contribution in [-0.4, -0.2) is 17.6 Å². The van der Waals surface area contributed by atoms with E-state index >= 15 is 0 Å². The van der Waals surface area contributed by atoms with Gasteiger partial charge in [-0.15, -0.1) is 13.2 Å². The summed E-state index contributed by atoms with van der Waals surface area (Å²) >= 11 is 5.39. The van der Waals surface area contributed by atoms with Crippen molar-refractivity contribution in [3.63, 3.8) is 0 Å². The molecule has 0 bridgehead atoms. The summed E-state index contributed by atoms with van der Waals surface area (Å²) < 4.78 is 38.7. The summed E-state index contributed by atoms with van der Waals surface area (Å²) in [6, 6.07) is 0.982. The number of hydrogen-bond donors (Lipinski definition) is 0. The standard InChI is InChI=1S/C7H3ClF3NO2/c8-5-1-4(3-13)12-2-6(5)14-7(9,10)11/h1-3H. The van der Waals surface area contributed by atoms with Gasteiger partial charge in [-0.05, 0) is 6.07 Å². The van der Waals surface area contributed by atoms with E-state index in [1.165, 1.54) is 0 Å². The van der Waals surface area contributed by atoms with Crippen molar-refractivity contribution in [1.82, 2.24) is 4.98 Å². The molecule has 0 aliphatic heterocycles. The Balaban J connectivity index is 2.95. The smallest absolute Gasteiger partial charge is 0.403 e. The van der Waals surface area contributed by atoms with Crippen LogP contribution in [0.5, 0.6) is 5.75 Å². The Hall–Kier alpha value is -1.30. The molecule has 3 nitrogen and oxygen atoms in total. The quantitative estimate of drug-likeness (QED) is 0.726. The van der Waals surface area contributed by atoms with Crippen LogP contribution in [0.3, 0.4) is 0 Å². The van der Waals surface area contributed by atoms with E-state index < -0.39 is 12.1 Å². The third-order valence-corrected chi connectivity index (χ3v) is 1.48. The molecule has 0 aromatic carbocycles. The fourth-order valence-corrected chi connectivity index (χ4v) is 0.896. The summed E-state index contributed by atoms with van der Waals surface area (Å²) in [5, 5.41) is -0.320. The van der Waals surface area contributed by atoms with Crippen molar-refractivity contribution in [3.05, 3.63) is 23.0 Å². The summed E-state index contributed by atoms with van der Waals surface area (Å²) in [5.41, 5.74) is -0.0653. The van der Waals surface area contributed by atoms with E-state index in [9.17, 15) is 18.0 Å². The highest BCUT2D eigenvalue weighted by atomic mass is 35.5. The summed E-state index contributed by atoms with van der Waals surface area (Å²) in [4.78, 5) is 13.5. The van der Waals surface area contributed by atoms with E-state index in [2.05, 4.69) is 9.72 Å². The molecule has 0 saturated heterocycles. The summed E-state index contributed by atoms with van der Waals surface area (Å²) in [6.45, 7) is 0. The van der Waals surface area contributed by atoms with Crippen LogP contribution in [-0.2, 0) is 0 Å². The van der Waals surface area contributed by atoms with Gasteiger partial charge in [0.15, 0.2) is 12.0 Å². The third-order valence-electron chi connectivity index (χ3n) is 1.19. The normalized spacial score (nSPS) is 11.1. The highest BCUT2D eigenvalue weighted by Gasteiger charge is 2.32. The molecule has 0 spiro atoms. The number of pyridine rings is 1. The van der Waals surface area contributed by atoms with Crippen molar-refractivity contribution in [1.29, 1.82) is 0 Å². The number of halogens is 4. The third kappa shape index (κ3) is 2.88. The Bertz CT molecular complexity index is 353. The second kappa shape index (κ2) is 3.83. The van der Waals surface area contributed by atoms with Gasteiger partial charge in [-0.25, -0.2) is 4.98 Å². The maximum atomic E-state index is 11.7. The Kier molecular flexibility index (Phi) is 2.95. The second-order valence-corrected chi connectivity index (χ2v) is 2.61. The molecule has 1 aromatic heterocycles. The van der Waals surface area contributed by atoms with Crippen molar-refractivity contribution < 1.29 is 22.7 Å². The zero-order valence-corrected chi connectivity index (χ0v) is 7.26. The van der Waals surface area contributed by atoms with Gasteiger partial charge in [-0.2, -0.15) is 0 Å². The fourth-order valence-electron chi connectivity index (χ4n) is 0.697. The van der Waals surface area contributed by atoms with Crippen LogP contribution in [0.1, 0.15) is 10.5 Å². The van der Waals surface area contributed by atoms with Gasteiger partial charge in [0, 0.05) is 0 Å². The van der Waals surface area contributed by atoms with Crippen LogP contribution in [0.15, 0.2) is 12.3 Å². The minimum Gasteiger partial charge on any atom is -0.403 e. The van der Waals surface area contributed by atoms with Crippen LogP contribution < -0.4 is 4.74 Å². The lowest BCUT2D eigenvalue weighted by atomic mass is 10.3. The topological polar surface area (TPSA) is 39.2 Å². The predicted octanol–water partition coefficient (Wildman–Crippen LogP) is 2.45. The summed E-state index contributed by atoms with van der Waals surface area (Å²) in [6.07, 6.45) is -3.73. The van der Waals surface area contributed by atoms with Crippen molar-refractivity contribution in [2.75, 3.05) is 0 Å². The van der Waals surface area contributed by atoms with E-state index in [4.69, 9.17) is 11.6 Å². The molecule has 0 aliphatic rings. The zero-order chi connectivity index (χ0) is 10.8. The molecule has 1 heterocycles. The molecule has 0 radical (unpaired) electrons. The maximum absolute atomic E-state index is 11.7. The number of nitrogens with zero attached hydrogens (tertiary/aromatic N) is 1. The van der Waals surface area contributed by atoms with Gasteiger partial charge < -0.3 is 4.74 Å². The lowest BCUT2D eigenvalue weighted by Crippen LogP contribution is -2.17. The van der Waals surface area contributed by atoms with E-state index in [0.717, 1.165) is 12.3 Å². The lowest BCUT2D eigenvalue weighted by Gasteiger charge is -2.09. The summed E-state index contributed by atoms with van der Waals surface area (Å²) in [7, 11) is 0. The van der Waals surface area contributed by atoms with Crippen LogP contribution in [0.4, 0.5) is 13.2 Å². The Morgan fingerprint density at radius 3 is 2.57 bits per heavy atom. The van der Waals surface area contributed by atoms with Crippen LogP contribution >= 0.6 is 11.6 Å². The molecular weight excluding hydrogens is 223 g/mol. The molecule has 0 fully saturated rings. The molecular formula is C7H3ClF3NO2. The van der Waals surface area contributed by atoms with E-state index in [0.29, 0.717) is 6.29 Å². The number of ether oxygens (including phenoxy) is 1. The highest BCUT2D eigenvalue weighted by Crippen LogP contribution is 2.29. The number of aldehydes is 1. The van der Waals surface area contributed by atoms with Gasteiger partial charge in [0.25, 0.3) is 0 Å². The van der Waals surface area contributed by atoms with Crippen molar-refractivity contribution in [2.24, 2.45) is 0 Å². The molecule has 0 atom stereocenters. The molecule has 0 aliphatic carbocycles. The minimum absolute atomic E-state index is 0.0653. The minimum atomic E-state index is -4.83. The first-order valence-corrected chi connectivity index (χ1v) is 3.66. The Labute approximate surface area is 81.5 Å².